The zero-order valence-electron chi connectivity index (χ0n) is 10.6. The molecule has 0 spiro atoms. The van der Waals surface area contributed by atoms with Crippen molar-refractivity contribution < 1.29 is 10.2 Å². The van der Waals surface area contributed by atoms with E-state index in [1.54, 1.807) is 11.3 Å². The smallest absolute Gasteiger partial charge is 0.104 e. The maximum atomic E-state index is 9.86. The molecule has 1 aliphatic rings. The van der Waals surface area contributed by atoms with E-state index in [9.17, 15) is 5.11 Å². The van der Waals surface area contributed by atoms with Gasteiger partial charge in [0.25, 0.3) is 0 Å². The second-order valence-corrected chi connectivity index (χ2v) is 5.96. The summed E-state index contributed by atoms with van der Waals surface area (Å²) in [4.78, 5) is 4.55. The predicted octanol–water partition coefficient (Wildman–Crippen LogP) is 1.29. The zero-order chi connectivity index (χ0) is 13.0. The third-order valence-electron chi connectivity index (χ3n) is 3.33. The van der Waals surface area contributed by atoms with Crippen LogP contribution in [0.1, 0.15) is 23.1 Å². The van der Waals surface area contributed by atoms with E-state index in [0.717, 1.165) is 30.9 Å². The van der Waals surface area contributed by atoms with Crippen LogP contribution in [0.2, 0.25) is 0 Å². The topological polar surface area (TPSA) is 43.7 Å². The van der Waals surface area contributed by atoms with Crippen molar-refractivity contribution in [1.82, 2.24) is 4.90 Å². The molecule has 0 radical (unpaired) electrons. The molecule has 0 amide bonds. The summed E-state index contributed by atoms with van der Waals surface area (Å²) in [6.07, 6.45) is 0.858. The third-order valence-corrected chi connectivity index (χ3v) is 4.32. The van der Waals surface area contributed by atoms with Crippen molar-refractivity contribution in [3.63, 3.8) is 0 Å². The number of aliphatic hydroxyl groups is 2. The Hall–Kier alpha value is -0.860. The molecule has 0 aliphatic carbocycles. The number of piperidine rings is 1. The minimum Gasteiger partial charge on any atom is -0.392 e. The minimum atomic E-state index is -0.202. The van der Waals surface area contributed by atoms with Crippen LogP contribution in [0.5, 0.6) is 0 Å². The maximum Gasteiger partial charge on any atom is 0.104 e. The van der Waals surface area contributed by atoms with Crippen LogP contribution in [0.3, 0.4) is 0 Å². The summed E-state index contributed by atoms with van der Waals surface area (Å²) in [5.74, 6) is 5.99. The number of hydrogen-bond donors (Lipinski definition) is 2. The van der Waals surface area contributed by atoms with E-state index in [-0.39, 0.29) is 12.7 Å². The highest BCUT2D eigenvalue weighted by atomic mass is 32.1. The van der Waals surface area contributed by atoms with Gasteiger partial charge in [-0.15, -0.1) is 11.3 Å². The van der Waals surface area contributed by atoms with Gasteiger partial charge in [0.2, 0.25) is 0 Å². The Morgan fingerprint density at radius 2 is 2.33 bits per heavy atom. The number of likely N-dealkylation sites (tertiary alicyclic amines) is 1. The van der Waals surface area contributed by atoms with Gasteiger partial charge >= 0.3 is 0 Å². The molecule has 1 saturated heterocycles. The first kappa shape index (κ1) is 13.6. The Bertz CT molecular complexity index is 446. The van der Waals surface area contributed by atoms with Crippen molar-refractivity contribution in [3.05, 3.63) is 21.9 Å². The average Bonchev–Trinajstić information content (AvgIpc) is 2.79. The number of hydrogen-bond acceptors (Lipinski definition) is 4. The van der Waals surface area contributed by atoms with Gasteiger partial charge in [0.15, 0.2) is 0 Å². The van der Waals surface area contributed by atoms with E-state index < -0.39 is 0 Å². The summed E-state index contributed by atoms with van der Waals surface area (Å²) in [5, 5.41) is 18.5. The Kier molecular flexibility index (Phi) is 4.79. The SMILES string of the molecule is CC1CCN(Cc2ccc(C#CCO)s2)CC1O. The van der Waals surface area contributed by atoms with Crippen molar-refractivity contribution in [2.24, 2.45) is 5.92 Å². The molecule has 1 fully saturated rings. The predicted molar refractivity (Wildman–Crippen MR) is 73.3 cm³/mol. The van der Waals surface area contributed by atoms with Crippen LogP contribution in [0, 0.1) is 17.8 Å². The zero-order valence-corrected chi connectivity index (χ0v) is 11.4. The molecule has 2 heterocycles. The highest BCUT2D eigenvalue weighted by molar-refractivity contribution is 7.12. The number of nitrogens with zero attached hydrogens (tertiary/aromatic N) is 1. The lowest BCUT2D eigenvalue weighted by Crippen LogP contribution is -2.42. The molecule has 0 bridgehead atoms. The van der Waals surface area contributed by atoms with E-state index >= 15 is 0 Å². The van der Waals surface area contributed by atoms with E-state index in [1.165, 1.54) is 4.88 Å². The van der Waals surface area contributed by atoms with Gasteiger partial charge in [0.05, 0.1) is 11.0 Å². The summed E-state index contributed by atoms with van der Waals surface area (Å²) in [6, 6.07) is 4.07. The van der Waals surface area contributed by atoms with Crippen molar-refractivity contribution in [3.8, 4) is 11.8 Å². The van der Waals surface area contributed by atoms with Gasteiger partial charge in [0, 0.05) is 18.0 Å². The average molecular weight is 265 g/mol. The van der Waals surface area contributed by atoms with E-state index in [1.807, 2.05) is 6.07 Å². The molecular formula is C14H19NO2S. The molecule has 4 heteroatoms. The van der Waals surface area contributed by atoms with Crippen LogP contribution in [0.25, 0.3) is 0 Å². The van der Waals surface area contributed by atoms with Crippen molar-refractivity contribution in [1.29, 1.82) is 0 Å². The number of rotatable bonds is 2. The molecule has 2 unspecified atom stereocenters. The van der Waals surface area contributed by atoms with Crippen LogP contribution in [0.4, 0.5) is 0 Å². The van der Waals surface area contributed by atoms with Crippen molar-refractivity contribution >= 4 is 11.3 Å². The largest absolute Gasteiger partial charge is 0.392 e. The second-order valence-electron chi connectivity index (χ2n) is 4.79. The number of thiophene rings is 1. The van der Waals surface area contributed by atoms with Crippen LogP contribution in [-0.2, 0) is 6.54 Å². The Morgan fingerprint density at radius 3 is 3.06 bits per heavy atom. The second kappa shape index (κ2) is 6.35. The molecule has 3 nitrogen and oxygen atoms in total. The molecule has 0 saturated carbocycles. The highest BCUT2D eigenvalue weighted by Crippen LogP contribution is 2.22. The summed E-state index contributed by atoms with van der Waals surface area (Å²) in [5.41, 5.74) is 0. The van der Waals surface area contributed by atoms with Crippen LogP contribution < -0.4 is 0 Å². The molecule has 0 aromatic carbocycles. The standard InChI is InChI=1S/C14H19NO2S/c1-11-6-7-15(10-14(11)17)9-13-5-4-12(18-13)3-2-8-16/h4-5,11,14,16-17H,6-10H2,1H3. The number of aliphatic hydroxyl groups excluding tert-OH is 2. The molecule has 1 aromatic rings. The van der Waals surface area contributed by atoms with Gasteiger partial charge in [0.1, 0.15) is 6.61 Å². The monoisotopic (exact) mass is 265 g/mol. The Labute approximate surface area is 112 Å². The molecule has 2 rings (SSSR count). The summed E-state index contributed by atoms with van der Waals surface area (Å²) in [7, 11) is 0. The molecule has 1 aromatic heterocycles. The summed E-state index contributed by atoms with van der Waals surface area (Å²) in [6.45, 7) is 4.71. The highest BCUT2D eigenvalue weighted by Gasteiger charge is 2.24. The summed E-state index contributed by atoms with van der Waals surface area (Å²) >= 11 is 1.66. The van der Waals surface area contributed by atoms with Gasteiger partial charge in [-0.05, 0) is 31.0 Å². The first-order valence-corrected chi connectivity index (χ1v) is 7.09. The van der Waals surface area contributed by atoms with Gasteiger partial charge in [-0.25, -0.2) is 0 Å². The quantitative estimate of drug-likeness (QED) is 0.792. The lowest BCUT2D eigenvalue weighted by Gasteiger charge is -2.33. The van der Waals surface area contributed by atoms with Gasteiger partial charge < -0.3 is 10.2 Å². The molecule has 18 heavy (non-hydrogen) atoms. The fourth-order valence-corrected chi connectivity index (χ4v) is 3.06. The third kappa shape index (κ3) is 3.56. The lowest BCUT2D eigenvalue weighted by molar-refractivity contribution is 0.0263. The lowest BCUT2D eigenvalue weighted by atomic mass is 9.96. The normalized spacial score (nSPS) is 24.6. The fourth-order valence-electron chi connectivity index (χ4n) is 2.14. The summed E-state index contributed by atoms with van der Waals surface area (Å²) < 4.78 is 0. The van der Waals surface area contributed by atoms with Gasteiger partial charge in [-0.3, -0.25) is 4.90 Å². The Morgan fingerprint density at radius 1 is 1.50 bits per heavy atom. The maximum absolute atomic E-state index is 9.86. The van der Waals surface area contributed by atoms with Crippen molar-refractivity contribution in [2.45, 2.75) is 26.0 Å². The molecule has 1 aliphatic heterocycles. The number of β-amino-alcohol motifs (C(OH)–C–C–N with tert-alkyl or cyclic N) is 1. The molecule has 2 atom stereocenters. The van der Waals surface area contributed by atoms with E-state index in [4.69, 9.17) is 5.11 Å². The van der Waals surface area contributed by atoms with Crippen molar-refractivity contribution in [2.75, 3.05) is 19.7 Å². The van der Waals surface area contributed by atoms with Crippen LogP contribution >= 0.6 is 11.3 Å². The van der Waals surface area contributed by atoms with Crippen LogP contribution in [0.15, 0.2) is 12.1 Å². The first-order chi connectivity index (χ1) is 8.69. The van der Waals surface area contributed by atoms with E-state index in [0.29, 0.717) is 5.92 Å². The van der Waals surface area contributed by atoms with Gasteiger partial charge in [-0.2, -0.15) is 0 Å². The molecule has 98 valence electrons. The van der Waals surface area contributed by atoms with Gasteiger partial charge in [-0.1, -0.05) is 18.8 Å². The molecular weight excluding hydrogens is 246 g/mol. The van der Waals surface area contributed by atoms with Crippen LogP contribution in [-0.4, -0.2) is 40.9 Å². The first-order valence-electron chi connectivity index (χ1n) is 6.28. The fraction of sp³-hybridized carbons (Fsp3) is 0.571. The Balaban J connectivity index is 1.91. The van der Waals surface area contributed by atoms with E-state index in [2.05, 4.69) is 29.7 Å². The minimum absolute atomic E-state index is 0.0938. The molecule has 2 N–H and O–H groups in total.